The molecule has 2 aromatic carbocycles. The predicted octanol–water partition coefficient (Wildman–Crippen LogP) is 0.333. The van der Waals surface area contributed by atoms with Crippen molar-refractivity contribution < 1.29 is 34.2 Å². The highest BCUT2D eigenvalue weighted by Gasteiger charge is 2.47. The van der Waals surface area contributed by atoms with E-state index in [1.165, 1.54) is 62.9 Å². The van der Waals surface area contributed by atoms with Crippen LogP contribution in [0.15, 0.2) is 42.5 Å². The van der Waals surface area contributed by atoms with Gasteiger partial charge in [-0.3, -0.25) is 19.6 Å². The number of amides is 3. The fourth-order valence-electron chi connectivity index (χ4n) is 2.97. The van der Waals surface area contributed by atoms with E-state index in [9.17, 15) is 23.9 Å². The number of halogens is 1. The second-order valence-electron chi connectivity index (χ2n) is 7.22. The lowest BCUT2D eigenvalue weighted by molar-refractivity contribution is -0.148. The molecule has 0 unspecified atom stereocenters. The molecular formula is C23H24FN3O6. The van der Waals surface area contributed by atoms with Crippen molar-refractivity contribution in [1.82, 2.24) is 15.7 Å². The second-order valence-corrected chi connectivity index (χ2v) is 7.22. The zero-order chi connectivity index (χ0) is 24.8. The molecule has 0 aliphatic carbocycles. The zero-order valence-corrected chi connectivity index (χ0v) is 18.2. The molecule has 0 radical (unpaired) electrons. The molecule has 9 nitrogen and oxygen atoms in total. The monoisotopic (exact) mass is 457 g/mol. The van der Waals surface area contributed by atoms with Gasteiger partial charge in [0, 0.05) is 36.3 Å². The van der Waals surface area contributed by atoms with Gasteiger partial charge in [0.25, 0.3) is 17.7 Å². The first kappa shape index (κ1) is 25.5. The summed E-state index contributed by atoms with van der Waals surface area (Å²) in [5.74, 6) is 2.36. The molecule has 3 amide bonds. The van der Waals surface area contributed by atoms with Crippen LogP contribution in [0.5, 0.6) is 0 Å². The number of nitrogens with zero attached hydrogens (tertiary/aromatic N) is 1. The molecule has 0 aromatic heterocycles. The molecule has 5 N–H and O–H groups in total. The number of carbonyl (C=O) groups excluding carboxylic acids is 3. The standard InChI is InChI=1S/C23H24FN3O6/c1-23(21(31)25-2,22(32)26-33)27(3)20(30)16-9-6-14(7-10-16)4-5-15-8-11-17(18(24)12-15)19(29)13-28/h6-12,19,28-29,33H,13H2,1-3H3,(H,25,31)(H,26,32)/t19-,23-/m0/s1. The van der Waals surface area contributed by atoms with Crippen LogP contribution in [0.4, 0.5) is 4.39 Å². The molecule has 33 heavy (non-hydrogen) atoms. The van der Waals surface area contributed by atoms with Crippen molar-refractivity contribution in [3.63, 3.8) is 0 Å². The van der Waals surface area contributed by atoms with E-state index in [1.807, 2.05) is 0 Å². The quantitative estimate of drug-likeness (QED) is 0.183. The van der Waals surface area contributed by atoms with Crippen molar-refractivity contribution in [2.75, 3.05) is 20.7 Å². The van der Waals surface area contributed by atoms with Gasteiger partial charge >= 0.3 is 0 Å². The van der Waals surface area contributed by atoms with Crippen molar-refractivity contribution in [3.05, 3.63) is 70.5 Å². The molecule has 174 valence electrons. The maximum atomic E-state index is 14.0. The molecule has 2 atom stereocenters. The van der Waals surface area contributed by atoms with Crippen LogP contribution in [0, 0.1) is 17.7 Å². The molecule has 0 bridgehead atoms. The smallest absolute Gasteiger partial charge is 0.278 e. The first-order valence-corrected chi connectivity index (χ1v) is 9.75. The Morgan fingerprint density at radius 1 is 1.09 bits per heavy atom. The lowest BCUT2D eigenvalue weighted by Gasteiger charge is -2.34. The van der Waals surface area contributed by atoms with Crippen LogP contribution in [0.3, 0.4) is 0 Å². The minimum Gasteiger partial charge on any atom is -0.393 e. The molecular weight excluding hydrogens is 433 g/mol. The van der Waals surface area contributed by atoms with Gasteiger partial charge in [-0.25, -0.2) is 9.87 Å². The third-order valence-electron chi connectivity index (χ3n) is 5.20. The van der Waals surface area contributed by atoms with Crippen LogP contribution in [-0.4, -0.2) is 64.3 Å². The van der Waals surface area contributed by atoms with Gasteiger partial charge in [-0.15, -0.1) is 0 Å². The van der Waals surface area contributed by atoms with E-state index in [2.05, 4.69) is 17.2 Å². The van der Waals surface area contributed by atoms with Gasteiger partial charge in [0.2, 0.25) is 0 Å². The minimum atomic E-state index is -2.00. The Morgan fingerprint density at radius 3 is 2.18 bits per heavy atom. The van der Waals surface area contributed by atoms with Crippen molar-refractivity contribution in [2.24, 2.45) is 0 Å². The summed E-state index contributed by atoms with van der Waals surface area (Å²) < 4.78 is 14.0. The zero-order valence-electron chi connectivity index (χ0n) is 18.2. The lowest BCUT2D eigenvalue weighted by atomic mass is 9.96. The molecule has 0 heterocycles. The average molecular weight is 457 g/mol. The summed E-state index contributed by atoms with van der Waals surface area (Å²) in [4.78, 5) is 38.1. The van der Waals surface area contributed by atoms with Gasteiger partial charge in [-0.1, -0.05) is 17.9 Å². The third-order valence-corrected chi connectivity index (χ3v) is 5.20. The SMILES string of the molecule is CNC(=O)[C@@](C)(C(=O)NO)N(C)C(=O)c1ccc(C#Cc2ccc([C@@H](O)CO)c(F)c2)cc1. The first-order chi connectivity index (χ1) is 15.6. The van der Waals surface area contributed by atoms with E-state index in [0.717, 1.165) is 11.0 Å². The third kappa shape index (κ3) is 5.35. The number of aliphatic hydroxyl groups excluding tert-OH is 2. The minimum absolute atomic E-state index is 0.0336. The number of aliphatic hydroxyl groups is 2. The Kier molecular flexibility index (Phi) is 8.26. The van der Waals surface area contributed by atoms with E-state index >= 15 is 0 Å². The van der Waals surface area contributed by atoms with Crippen LogP contribution in [-0.2, 0) is 9.59 Å². The molecule has 0 saturated heterocycles. The summed E-state index contributed by atoms with van der Waals surface area (Å²) in [7, 11) is 2.55. The highest BCUT2D eigenvalue weighted by Crippen LogP contribution is 2.19. The highest BCUT2D eigenvalue weighted by atomic mass is 19.1. The average Bonchev–Trinajstić information content (AvgIpc) is 2.84. The largest absolute Gasteiger partial charge is 0.393 e. The molecule has 0 spiro atoms. The maximum absolute atomic E-state index is 14.0. The second kappa shape index (κ2) is 10.7. The van der Waals surface area contributed by atoms with Gasteiger partial charge in [-0.05, 0) is 43.3 Å². The normalized spacial score (nSPS) is 13.1. The summed E-state index contributed by atoms with van der Waals surface area (Å²) in [6, 6.07) is 9.96. The highest BCUT2D eigenvalue weighted by molar-refractivity contribution is 6.12. The summed E-state index contributed by atoms with van der Waals surface area (Å²) in [6.45, 7) is 0.592. The van der Waals surface area contributed by atoms with Crippen molar-refractivity contribution in [1.29, 1.82) is 0 Å². The molecule has 0 saturated carbocycles. The molecule has 0 fully saturated rings. The number of likely N-dealkylation sites (N-methyl/N-ethyl adjacent to an activating group) is 2. The van der Waals surface area contributed by atoms with Crippen LogP contribution < -0.4 is 10.8 Å². The first-order valence-electron chi connectivity index (χ1n) is 9.75. The number of hydrogen-bond donors (Lipinski definition) is 5. The molecule has 0 aliphatic rings. The van der Waals surface area contributed by atoms with E-state index in [1.54, 1.807) is 0 Å². The number of carbonyl (C=O) groups is 3. The topological polar surface area (TPSA) is 139 Å². The van der Waals surface area contributed by atoms with E-state index in [4.69, 9.17) is 10.3 Å². The van der Waals surface area contributed by atoms with Crippen LogP contribution in [0.2, 0.25) is 0 Å². The Balaban J connectivity index is 2.24. The van der Waals surface area contributed by atoms with Gasteiger partial charge < -0.3 is 20.4 Å². The summed E-state index contributed by atoms with van der Waals surface area (Å²) in [5.41, 5.74) is 0.386. The Morgan fingerprint density at radius 2 is 1.67 bits per heavy atom. The van der Waals surface area contributed by atoms with Crippen molar-refractivity contribution in [2.45, 2.75) is 18.6 Å². The van der Waals surface area contributed by atoms with Gasteiger partial charge in [-0.2, -0.15) is 0 Å². The van der Waals surface area contributed by atoms with E-state index in [0.29, 0.717) is 11.1 Å². The number of benzene rings is 2. The maximum Gasteiger partial charge on any atom is 0.278 e. The van der Waals surface area contributed by atoms with E-state index in [-0.39, 0.29) is 11.1 Å². The molecule has 2 aromatic rings. The Hall–Kier alpha value is -3.78. The number of rotatable bonds is 6. The molecule has 10 heteroatoms. The number of nitrogens with one attached hydrogen (secondary N) is 2. The summed E-state index contributed by atoms with van der Waals surface area (Å²) in [6.07, 6.45) is -1.32. The van der Waals surface area contributed by atoms with Crippen LogP contribution in [0.1, 0.15) is 40.1 Å². The van der Waals surface area contributed by atoms with Crippen LogP contribution in [0.25, 0.3) is 0 Å². The fourth-order valence-corrected chi connectivity index (χ4v) is 2.97. The lowest BCUT2D eigenvalue weighted by Crippen LogP contribution is -2.64. The molecule has 0 aliphatic heterocycles. The number of hydrogen-bond acceptors (Lipinski definition) is 6. The van der Waals surface area contributed by atoms with Crippen molar-refractivity contribution >= 4 is 17.7 Å². The van der Waals surface area contributed by atoms with Gasteiger partial charge in [0.15, 0.2) is 5.54 Å². The van der Waals surface area contributed by atoms with Gasteiger partial charge in [0.1, 0.15) is 11.9 Å². The molecule has 2 rings (SSSR count). The van der Waals surface area contributed by atoms with Crippen LogP contribution >= 0.6 is 0 Å². The number of hydroxylamine groups is 1. The van der Waals surface area contributed by atoms with E-state index < -0.39 is 41.8 Å². The van der Waals surface area contributed by atoms with Crippen molar-refractivity contribution in [3.8, 4) is 11.8 Å². The predicted molar refractivity (Wildman–Crippen MR) is 115 cm³/mol. The Labute approximate surface area is 189 Å². The summed E-state index contributed by atoms with van der Waals surface area (Å²) >= 11 is 0. The fraction of sp³-hybridized carbons (Fsp3) is 0.261. The Bertz CT molecular complexity index is 1090. The summed E-state index contributed by atoms with van der Waals surface area (Å²) in [5, 5.41) is 29.8. The van der Waals surface area contributed by atoms with Gasteiger partial charge in [0.05, 0.1) is 6.61 Å².